The largest absolute Gasteiger partial charge is 0.370 e. The second kappa shape index (κ2) is 7.63. The number of hydrogen-bond acceptors (Lipinski definition) is 7. The Kier molecular flexibility index (Phi) is 4.81. The number of fused-ring (bicyclic) bond motifs is 3. The molecule has 3 aliphatic rings. The third kappa shape index (κ3) is 3.28. The molecule has 10 heteroatoms. The van der Waals surface area contributed by atoms with Crippen molar-refractivity contribution in [1.82, 2.24) is 0 Å². The smallest absolute Gasteiger partial charge is 0.324 e. The third-order valence-electron chi connectivity index (χ3n) is 5.48. The van der Waals surface area contributed by atoms with E-state index in [0.717, 1.165) is 62.1 Å². The van der Waals surface area contributed by atoms with Gasteiger partial charge in [-0.2, -0.15) is 4.99 Å². The Balaban J connectivity index is 1.45. The molecule has 1 fully saturated rings. The predicted molar refractivity (Wildman–Crippen MR) is 114 cm³/mol. The molecule has 1 aromatic carbocycles. The van der Waals surface area contributed by atoms with Crippen LogP contribution in [0.15, 0.2) is 47.1 Å². The number of carbonyl (C=O) groups excluding carboxylic acids is 1. The van der Waals surface area contributed by atoms with Gasteiger partial charge in [0.25, 0.3) is 5.91 Å². The van der Waals surface area contributed by atoms with Gasteiger partial charge in [-0.25, -0.2) is 0 Å². The molecule has 1 N–H and O–H groups in total. The number of quaternary nitrogens is 1. The second-order valence-corrected chi connectivity index (χ2v) is 8.36. The number of guanidine groups is 1. The summed E-state index contributed by atoms with van der Waals surface area (Å²) in [7, 11) is 0. The van der Waals surface area contributed by atoms with Gasteiger partial charge in [-0.05, 0) is 24.3 Å². The summed E-state index contributed by atoms with van der Waals surface area (Å²) < 4.78 is 5.44. The number of thiophene rings is 1. The molecule has 0 radical (unpaired) electrons. The van der Waals surface area contributed by atoms with Crippen LogP contribution in [-0.2, 0) is 9.53 Å². The van der Waals surface area contributed by atoms with Gasteiger partial charge in [0.15, 0.2) is 0 Å². The first kappa shape index (κ1) is 18.9. The number of hydrogen-bond donors (Lipinski definition) is 1. The zero-order valence-electron chi connectivity index (χ0n) is 16.1. The fourth-order valence-electron chi connectivity index (χ4n) is 3.99. The first-order valence-electron chi connectivity index (χ1n) is 9.79. The number of nitro groups is 1. The van der Waals surface area contributed by atoms with Gasteiger partial charge in [-0.1, -0.05) is 23.5 Å². The molecule has 0 atom stereocenters. The predicted octanol–water partition coefficient (Wildman–Crippen LogP) is 1.14. The van der Waals surface area contributed by atoms with Crippen molar-refractivity contribution >= 4 is 45.7 Å². The number of benzene rings is 1. The van der Waals surface area contributed by atoms with E-state index in [9.17, 15) is 14.9 Å². The van der Waals surface area contributed by atoms with E-state index in [1.54, 1.807) is 12.1 Å². The molecule has 0 unspecified atom stereocenters. The van der Waals surface area contributed by atoms with Crippen molar-refractivity contribution in [1.29, 1.82) is 0 Å². The molecule has 0 spiro atoms. The maximum Gasteiger partial charge on any atom is 0.324 e. The number of aliphatic imine (C=N–C) groups is 1. The molecule has 1 amide bonds. The summed E-state index contributed by atoms with van der Waals surface area (Å²) in [5.74, 6) is 0.269. The summed E-state index contributed by atoms with van der Waals surface area (Å²) in [6.07, 6.45) is 1.68. The summed E-state index contributed by atoms with van der Waals surface area (Å²) in [5.41, 5.74) is 2.33. The van der Waals surface area contributed by atoms with Crippen molar-refractivity contribution < 1.29 is 19.4 Å². The summed E-state index contributed by atoms with van der Waals surface area (Å²) >= 11 is 1.04. The van der Waals surface area contributed by atoms with E-state index < -0.39 is 4.92 Å². The average molecular weight is 426 g/mol. The average Bonchev–Trinajstić information content (AvgIpc) is 3.42. The van der Waals surface area contributed by atoms with Gasteiger partial charge in [0.1, 0.15) is 18.8 Å². The molecule has 30 heavy (non-hydrogen) atoms. The minimum absolute atomic E-state index is 0.0466. The SMILES string of the molecule is O=C1N=C2N(CC[NH+]3CCOCC3)c3ccccc3N2/C1=C/c1ccc([N+](=O)[O-])s1. The molecule has 154 valence electrons. The molecule has 0 saturated carbocycles. The lowest BCUT2D eigenvalue weighted by molar-refractivity contribution is -0.906. The van der Waals surface area contributed by atoms with Crippen molar-refractivity contribution in [2.75, 3.05) is 49.2 Å². The lowest BCUT2D eigenvalue weighted by Crippen LogP contribution is -3.14. The number of anilines is 2. The van der Waals surface area contributed by atoms with Gasteiger partial charge >= 0.3 is 5.00 Å². The highest BCUT2D eigenvalue weighted by atomic mass is 32.1. The van der Waals surface area contributed by atoms with Crippen molar-refractivity contribution in [2.24, 2.45) is 4.99 Å². The molecule has 9 nitrogen and oxygen atoms in total. The minimum atomic E-state index is -0.425. The number of morpholine rings is 1. The van der Waals surface area contributed by atoms with Crippen LogP contribution >= 0.6 is 11.3 Å². The Hall–Kier alpha value is -3.08. The van der Waals surface area contributed by atoms with Crippen LogP contribution < -0.4 is 14.7 Å². The Morgan fingerprint density at radius 3 is 2.70 bits per heavy atom. The number of nitrogens with one attached hydrogen (secondary N) is 1. The van der Waals surface area contributed by atoms with Crippen LogP contribution in [0.1, 0.15) is 4.88 Å². The number of nitrogens with zero attached hydrogens (tertiary/aromatic N) is 4. The molecule has 1 saturated heterocycles. The number of ether oxygens (including phenoxy) is 1. The fraction of sp³-hybridized carbons (Fsp3) is 0.300. The summed E-state index contributed by atoms with van der Waals surface area (Å²) in [6, 6.07) is 11.0. The van der Waals surface area contributed by atoms with Gasteiger partial charge in [-0.15, -0.1) is 0 Å². The van der Waals surface area contributed by atoms with Gasteiger partial charge in [0.05, 0.1) is 42.6 Å². The highest BCUT2D eigenvalue weighted by Crippen LogP contribution is 2.42. The highest BCUT2D eigenvalue weighted by molar-refractivity contribution is 7.16. The topological polar surface area (TPSA) is 92.7 Å². The molecule has 2 aromatic rings. The van der Waals surface area contributed by atoms with Crippen LogP contribution in [0, 0.1) is 10.1 Å². The Morgan fingerprint density at radius 2 is 1.97 bits per heavy atom. The van der Waals surface area contributed by atoms with E-state index >= 15 is 0 Å². The van der Waals surface area contributed by atoms with E-state index in [-0.39, 0.29) is 10.9 Å². The zero-order valence-corrected chi connectivity index (χ0v) is 16.9. The molecule has 0 aliphatic carbocycles. The minimum Gasteiger partial charge on any atom is -0.370 e. The van der Waals surface area contributed by atoms with E-state index in [1.165, 1.54) is 11.0 Å². The molecule has 1 aromatic heterocycles. The number of amides is 1. The zero-order chi connectivity index (χ0) is 20.7. The Labute approximate surface area is 176 Å². The van der Waals surface area contributed by atoms with Gasteiger partial charge in [-0.3, -0.25) is 19.8 Å². The van der Waals surface area contributed by atoms with E-state index in [1.807, 2.05) is 29.2 Å². The van der Waals surface area contributed by atoms with Crippen LogP contribution in [-0.4, -0.2) is 56.2 Å². The van der Waals surface area contributed by atoms with Gasteiger partial charge in [0, 0.05) is 10.9 Å². The second-order valence-electron chi connectivity index (χ2n) is 7.27. The van der Waals surface area contributed by atoms with Crippen molar-refractivity contribution in [3.05, 3.63) is 57.1 Å². The molecule has 3 aliphatic heterocycles. The molecule has 5 rings (SSSR count). The van der Waals surface area contributed by atoms with Crippen LogP contribution in [0.4, 0.5) is 16.4 Å². The maximum atomic E-state index is 12.7. The quantitative estimate of drug-likeness (QED) is 0.438. The third-order valence-corrected chi connectivity index (χ3v) is 6.46. The first-order chi connectivity index (χ1) is 14.6. The number of para-hydroxylation sites is 2. The molecular formula is C20H20N5O4S+. The first-order valence-corrected chi connectivity index (χ1v) is 10.6. The highest BCUT2D eigenvalue weighted by Gasteiger charge is 2.42. The van der Waals surface area contributed by atoms with Crippen LogP contribution in [0.2, 0.25) is 0 Å². The van der Waals surface area contributed by atoms with Crippen LogP contribution in [0.5, 0.6) is 0 Å². The van der Waals surface area contributed by atoms with Gasteiger partial charge < -0.3 is 14.5 Å². The monoisotopic (exact) mass is 426 g/mol. The van der Waals surface area contributed by atoms with E-state index in [2.05, 4.69) is 9.89 Å². The maximum absolute atomic E-state index is 12.7. The van der Waals surface area contributed by atoms with Crippen molar-refractivity contribution in [2.45, 2.75) is 0 Å². The van der Waals surface area contributed by atoms with Crippen LogP contribution in [0.25, 0.3) is 6.08 Å². The van der Waals surface area contributed by atoms with Crippen molar-refractivity contribution in [3.8, 4) is 0 Å². The van der Waals surface area contributed by atoms with Crippen molar-refractivity contribution in [3.63, 3.8) is 0 Å². The Bertz CT molecular complexity index is 1070. The van der Waals surface area contributed by atoms with E-state index in [0.29, 0.717) is 16.5 Å². The lowest BCUT2D eigenvalue weighted by atomic mass is 10.2. The number of carbonyl (C=O) groups is 1. The summed E-state index contributed by atoms with van der Waals surface area (Å²) in [4.78, 5) is 33.7. The standard InChI is InChI=1S/C20H19N5O4S/c26-19-17(13-14-5-6-18(30-14)25(27)28)24-16-4-2-1-3-15(16)23(20(24)21-19)8-7-22-9-11-29-12-10-22/h1-6,13H,7-12H2/p+1/b17-13+. The molecular weight excluding hydrogens is 406 g/mol. The van der Waals surface area contributed by atoms with E-state index in [4.69, 9.17) is 4.74 Å². The lowest BCUT2D eigenvalue weighted by Gasteiger charge is -2.26. The molecule has 4 heterocycles. The fourth-order valence-corrected chi connectivity index (χ4v) is 4.75. The normalized spacial score (nSPS) is 19.9. The van der Waals surface area contributed by atoms with Crippen LogP contribution in [0.3, 0.4) is 0 Å². The Morgan fingerprint density at radius 1 is 1.20 bits per heavy atom. The molecule has 0 bridgehead atoms. The summed E-state index contributed by atoms with van der Waals surface area (Å²) in [5, 5.41) is 11.0. The van der Waals surface area contributed by atoms with Gasteiger partial charge in [0.2, 0.25) is 5.96 Å². The summed E-state index contributed by atoms with van der Waals surface area (Å²) in [6.45, 7) is 5.18. The number of rotatable bonds is 5.